The van der Waals surface area contributed by atoms with Gasteiger partial charge in [0.2, 0.25) is 0 Å². The highest BCUT2D eigenvalue weighted by atomic mass is 16.5. The third-order valence-corrected chi connectivity index (χ3v) is 3.57. The predicted octanol–water partition coefficient (Wildman–Crippen LogP) is 1.28. The highest BCUT2D eigenvalue weighted by Crippen LogP contribution is 2.06. The first-order valence-electron chi connectivity index (χ1n) is 7.90. The lowest BCUT2D eigenvalue weighted by Crippen LogP contribution is -2.35. The first-order valence-corrected chi connectivity index (χ1v) is 7.90. The van der Waals surface area contributed by atoms with Crippen LogP contribution in [0.2, 0.25) is 0 Å². The van der Waals surface area contributed by atoms with Crippen molar-refractivity contribution in [2.75, 3.05) is 26.2 Å². The molecule has 0 aromatic carbocycles. The van der Waals surface area contributed by atoms with Crippen molar-refractivity contribution in [3.8, 4) is 0 Å². The molecule has 2 heterocycles. The average molecular weight is 295 g/mol. The van der Waals surface area contributed by atoms with Gasteiger partial charge in [0.1, 0.15) is 0 Å². The van der Waals surface area contributed by atoms with Gasteiger partial charge in [0.25, 0.3) is 0 Å². The first kappa shape index (κ1) is 16.4. The molecule has 1 aliphatic rings. The molecule has 0 saturated carbocycles. The van der Waals surface area contributed by atoms with Crippen LogP contribution in [0.1, 0.15) is 39.8 Å². The molecule has 1 aliphatic heterocycles. The summed E-state index contributed by atoms with van der Waals surface area (Å²) in [4.78, 5) is 2.45. The molecule has 6 nitrogen and oxygen atoms in total. The molecule has 6 heteroatoms. The highest BCUT2D eigenvalue weighted by molar-refractivity contribution is 4.93. The van der Waals surface area contributed by atoms with E-state index in [9.17, 15) is 0 Å². The second-order valence-corrected chi connectivity index (χ2v) is 6.91. The molecule has 0 bridgehead atoms. The van der Waals surface area contributed by atoms with E-state index in [2.05, 4.69) is 48.2 Å². The van der Waals surface area contributed by atoms with Gasteiger partial charge in [-0.3, -0.25) is 9.58 Å². The van der Waals surface area contributed by atoms with Gasteiger partial charge in [0.05, 0.1) is 18.3 Å². The molecule has 120 valence electrons. The molecular weight excluding hydrogens is 266 g/mol. The summed E-state index contributed by atoms with van der Waals surface area (Å²) in [6.07, 6.45) is 3.48. The van der Waals surface area contributed by atoms with Crippen molar-refractivity contribution in [3.05, 3.63) is 11.9 Å². The van der Waals surface area contributed by atoms with Crippen LogP contribution in [0.25, 0.3) is 0 Å². The smallest absolute Gasteiger partial charge is 0.0965 e. The number of nitrogens with zero attached hydrogens (tertiary/aromatic N) is 4. The van der Waals surface area contributed by atoms with Gasteiger partial charge < -0.3 is 10.1 Å². The molecule has 21 heavy (non-hydrogen) atoms. The Morgan fingerprint density at radius 2 is 2.19 bits per heavy atom. The van der Waals surface area contributed by atoms with Crippen LogP contribution in [0.15, 0.2) is 6.20 Å². The first-order chi connectivity index (χ1) is 9.92. The van der Waals surface area contributed by atoms with Crippen molar-refractivity contribution in [2.24, 2.45) is 0 Å². The minimum atomic E-state index is 0.103. The summed E-state index contributed by atoms with van der Waals surface area (Å²) in [6.45, 7) is 14.2. The summed E-state index contributed by atoms with van der Waals surface area (Å²) in [5.41, 5.74) is 1.10. The van der Waals surface area contributed by atoms with Crippen LogP contribution in [-0.4, -0.2) is 57.8 Å². The fraction of sp³-hybridized carbons (Fsp3) is 0.867. The Kier molecular flexibility index (Phi) is 5.72. The number of hydrogen-bond donors (Lipinski definition) is 1. The number of hydrogen-bond acceptors (Lipinski definition) is 5. The van der Waals surface area contributed by atoms with E-state index in [0.29, 0.717) is 6.10 Å². The zero-order valence-corrected chi connectivity index (χ0v) is 13.8. The van der Waals surface area contributed by atoms with Gasteiger partial charge in [-0.05, 0) is 34.1 Å². The molecule has 0 spiro atoms. The lowest BCUT2D eigenvalue weighted by molar-refractivity contribution is 0.0671. The van der Waals surface area contributed by atoms with Gasteiger partial charge in [-0.25, -0.2) is 0 Å². The molecule has 1 aromatic heterocycles. The largest absolute Gasteiger partial charge is 0.377 e. The average Bonchev–Trinajstić information content (AvgIpc) is 2.75. The Hall–Kier alpha value is -0.980. The molecule has 1 N–H and O–H groups in total. The van der Waals surface area contributed by atoms with Gasteiger partial charge in [-0.1, -0.05) is 5.21 Å². The summed E-state index contributed by atoms with van der Waals surface area (Å²) in [5, 5.41) is 11.9. The molecule has 1 saturated heterocycles. The van der Waals surface area contributed by atoms with E-state index < -0.39 is 0 Å². The number of rotatable bonds is 5. The minimum Gasteiger partial charge on any atom is -0.377 e. The number of nitrogens with one attached hydrogen (secondary N) is 1. The number of aromatic nitrogens is 3. The Balaban J connectivity index is 1.77. The predicted molar refractivity (Wildman–Crippen MR) is 83.1 cm³/mol. The molecule has 0 amide bonds. The molecular formula is C15H29N5O. The van der Waals surface area contributed by atoms with Crippen molar-refractivity contribution in [3.63, 3.8) is 0 Å². The minimum absolute atomic E-state index is 0.103. The van der Waals surface area contributed by atoms with Crippen LogP contribution in [0.5, 0.6) is 0 Å². The van der Waals surface area contributed by atoms with E-state index in [-0.39, 0.29) is 5.54 Å². The van der Waals surface area contributed by atoms with Crippen molar-refractivity contribution < 1.29 is 4.74 Å². The second-order valence-electron chi connectivity index (χ2n) is 6.91. The Morgan fingerprint density at radius 1 is 1.38 bits per heavy atom. The van der Waals surface area contributed by atoms with E-state index in [1.54, 1.807) is 0 Å². The standard InChI is InChI=1S/C15H29N5O/c1-13-11-19(6-5-9-21-13)7-8-20-12-14(17-18-20)10-16-15(2,3)4/h12-13,16H,5-11H2,1-4H3. The summed E-state index contributed by atoms with van der Waals surface area (Å²) in [7, 11) is 0. The number of ether oxygens (including phenoxy) is 1. The van der Waals surface area contributed by atoms with Crippen LogP contribution in [0.3, 0.4) is 0 Å². The van der Waals surface area contributed by atoms with Crippen LogP contribution in [-0.2, 0) is 17.8 Å². The van der Waals surface area contributed by atoms with Gasteiger partial charge in [0, 0.05) is 44.5 Å². The van der Waals surface area contributed by atoms with Crippen LogP contribution < -0.4 is 5.32 Å². The molecule has 0 aliphatic carbocycles. The fourth-order valence-electron chi connectivity index (χ4n) is 2.41. The summed E-state index contributed by atoms with van der Waals surface area (Å²) >= 11 is 0. The molecule has 1 unspecified atom stereocenters. The third kappa shape index (κ3) is 6.11. The zero-order chi connectivity index (χ0) is 15.3. The van der Waals surface area contributed by atoms with E-state index in [0.717, 1.165) is 51.4 Å². The lowest BCUT2D eigenvalue weighted by Gasteiger charge is -2.21. The van der Waals surface area contributed by atoms with Gasteiger partial charge in [-0.15, -0.1) is 5.10 Å². The van der Waals surface area contributed by atoms with Crippen molar-refractivity contribution in [1.82, 2.24) is 25.2 Å². The fourth-order valence-corrected chi connectivity index (χ4v) is 2.41. The lowest BCUT2D eigenvalue weighted by atomic mass is 10.1. The SMILES string of the molecule is CC1CN(CCn2cc(CNC(C)(C)C)nn2)CCCO1. The monoisotopic (exact) mass is 295 g/mol. The summed E-state index contributed by atoms with van der Waals surface area (Å²) < 4.78 is 7.61. The topological polar surface area (TPSA) is 55.2 Å². The maximum Gasteiger partial charge on any atom is 0.0965 e. The Morgan fingerprint density at radius 3 is 2.95 bits per heavy atom. The van der Waals surface area contributed by atoms with Gasteiger partial charge in [-0.2, -0.15) is 0 Å². The third-order valence-electron chi connectivity index (χ3n) is 3.57. The van der Waals surface area contributed by atoms with E-state index in [1.807, 2.05) is 10.9 Å². The summed E-state index contributed by atoms with van der Waals surface area (Å²) in [6, 6.07) is 0. The quantitative estimate of drug-likeness (QED) is 0.887. The van der Waals surface area contributed by atoms with Crippen LogP contribution in [0, 0.1) is 0 Å². The maximum absolute atomic E-state index is 5.67. The van der Waals surface area contributed by atoms with Crippen molar-refractivity contribution in [1.29, 1.82) is 0 Å². The molecule has 2 rings (SSSR count). The Labute approximate surface area is 127 Å². The second kappa shape index (κ2) is 7.33. The van der Waals surface area contributed by atoms with Crippen molar-refractivity contribution in [2.45, 2.75) is 58.8 Å². The molecule has 0 radical (unpaired) electrons. The Bertz CT molecular complexity index is 426. The molecule has 1 aromatic rings. The maximum atomic E-state index is 5.67. The van der Waals surface area contributed by atoms with E-state index >= 15 is 0 Å². The summed E-state index contributed by atoms with van der Waals surface area (Å²) in [5.74, 6) is 0. The highest BCUT2D eigenvalue weighted by Gasteiger charge is 2.15. The zero-order valence-electron chi connectivity index (χ0n) is 13.8. The van der Waals surface area contributed by atoms with Gasteiger partial charge >= 0.3 is 0 Å². The normalized spacial score (nSPS) is 21.4. The van der Waals surface area contributed by atoms with E-state index in [4.69, 9.17) is 4.74 Å². The molecule has 1 atom stereocenters. The molecule has 1 fully saturated rings. The van der Waals surface area contributed by atoms with Crippen LogP contribution >= 0.6 is 0 Å². The van der Waals surface area contributed by atoms with Crippen LogP contribution in [0.4, 0.5) is 0 Å². The van der Waals surface area contributed by atoms with Crippen molar-refractivity contribution >= 4 is 0 Å². The van der Waals surface area contributed by atoms with Gasteiger partial charge in [0.15, 0.2) is 0 Å². The van der Waals surface area contributed by atoms with E-state index in [1.165, 1.54) is 0 Å².